The van der Waals surface area contributed by atoms with E-state index in [4.69, 9.17) is 20.4 Å². The van der Waals surface area contributed by atoms with Gasteiger partial charge in [-0.2, -0.15) is 13.2 Å². The van der Waals surface area contributed by atoms with E-state index in [1.54, 1.807) is 0 Å². The molecule has 8 nitrogen and oxygen atoms in total. The number of hydrogen-bond acceptors (Lipinski definition) is 5. The monoisotopic (exact) mass is 589 g/mol. The number of aliphatic carboxylic acids is 1. The smallest absolute Gasteiger partial charge is 0.487 e. The Morgan fingerprint density at radius 2 is 1.50 bits per heavy atom. The van der Waals surface area contributed by atoms with Crippen LogP contribution in [0.3, 0.4) is 0 Å². The van der Waals surface area contributed by atoms with Crippen molar-refractivity contribution in [1.29, 1.82) is 0 Å². The molecular formula is C31H38F3N3O5. The summed E-state index contributed by atoms with van der Waals surface area (Å²) in [5, 5.41) is 7.12. The van der Waals surface area contributed by atoms with Crippen LogP contribution in [0.15, 0.2) is 42.5 Å². The Balaban J connectivity index is 0.000000517. The maximum absolute atomic E-state index is 13.2. The van der Waals surface area contributed by atoms with Crippen LogP contribution in [0.1, 0.15) is 66.6 Å². The number of carboxylic acids is 1. The van der Waals surface area contributed by atoms with Crippen LogP contribution in [0.2, 0.25) is 0 Å². The Labute approximate surface area is 243 Å². The van der Waals surface area contributed by atoms with Crippen LogP contribution in [0.4, 0.5) is 13.2 Å². The lowest BCUT2D eigenvalue weighted by Crippen LogP contribution is -2.48. The third-order valence-electron chi connectivity index (χ3n) is 8.50. The molecule has 11 heteroatoms. The van der Waals surface area contributed by atoms with Crippen molar-refractivity contribution in [2.75, 3.05) is 26.2 Å². The van der Waals surface area contributed by atoms with Crippen molar-refractivity contribution in [3.63, 3.8) is 0 Å². The second-order valence-electron chi connectivity index (χ2n) is 12.1. The van der Waals surface area contributed by atoms with Gasteiger partial charge in [0.25, 0.3) is 5.91 Å². The van der Waals surface area contributed by atoms with Crippen molar-refractivity contribution in [3.8, 4) is 5.75 Å². The number of benzene rings is 2. The van der Waals surface area contributed by atoms with Gasteiger partial charge in [-0.25, -0.2) is 4.79 Å². The van der Waals surface area contributed by atoms with Crippen molar-refractivity contribution in [2.24, 2.45) is 11.1 Å². The number of nitrogens with zero attached hydrogens (tertiary/aromatic N) is 2. The van der Waals surface area contributed by atoms with Crippen LogP contribution in [0.5, 0.6) is 5.75 Å². The number of carboxylic acid groups (broad SMARTS) is 1. The molecule has 2 amide bonds. The average Bonchev–Trinajstić information content (AvgIpc) is 3.25. The maximum Gasteiger partial charge on any atom is 0.490 e. The van der Waals surface area contributed by atoms with Crippen LogP contribution in [0.25, 0.3) is 0 Å². The zero-order chi connectivity index (χ0) is 30.7. The number of amides is 2. The fourth-order valence-corrected chi connectivity index (χ4v) is 6.17. The number of carbonyl (C=O) groups excluding carboxylic acids is 2. The molecule has 5 rings (SSSR count). The van der Waals surface area contributed by atoms with E-state index in [-0.39, 0.29) is 17.9 Å². The predicted octanol–water partition coefficient (Wildman–Crippen LogP) is 4.58. The molecule has 3 N–H and O–H groups in total. The lowest BCUT2D eigenvalue weighted by Gasteiger charge is -2.47. The summed E-state index contributed by atoms with van der Waals surface area (Å²) in [6.07, 6.45) is 0.460. The quantitative estimate of drug-likeness (QED) is 0.528. The van der Waals surface area contributed by atoms with Gasteiger partial charge in [0.1, 0.15) is 11.4 Å². The van der Waals surface area contributed by atoms with Gasteiger partial charge in [-0.05, 0) is 81.3 Å². The Kier molecular flexibility index (Phi) is 9.20. The molecule has 1 spiro atoms. The molecule has 42 heavy (non-hydrogen) atoms. The molecule has 0 radical (unpaired) electrons. The standard InChI is InChI=1S/C29H37N3O3.C2HF3O2/c1-28(2)19-24-22(7-5-9-25(24)35-28)20-31-14-10-29(11-15-31)12-16-32(17-13-29)27(34)23-8-4-3-6-21(23)18-26(30)33;3-2(4,5)1(6)7/h3-9H,10-20H2,1-2H3,(H2,30,33);(H,6,7). The summed E-state index contributed by atoms with van der Waals surface area (Å²) < 4.78 is 37.9. The normalized spacial score (nSPS) is 19.3. The Morgan fingerprint density at radius 3 is 2.10 bits per heavy atom. The van der Waals surface area contributed by atoms with E-state index in [2.05, 4.69) is 36.9 Å². The van der Waals surface area contributed by atoms with Crippen molar-refractivity contribution >= 4 is 17.8 Å². The first-order chi connectivity index (χ1) is 19.7. The Bertz CT molecular complexity index is 1310. The summed E-state index contributed by atoms with van der Waals surface area (Å²) in [6, 6.07) is 13.8. The van der Waals surface area contributed by atoms with Crippen LogP contribution >= 0.6 is 0 Å². The van der Waals surface area contributed by atoms with Gasteiger partial charge in [-0.15, -0.1) is 0 Å². The van der Waals surface area contributed by atoms with Gasteiger partial charge in [-0.3, -0.25) is 14.5 Å². The average molecular weight is 590 g/mol. The van der Waals surface area contributed by atoms with E-state index in [1.807, 2.05) is 29.2 Å². The van der Waals surface area contributed by atoms with Gasteiger partial charge in [0.15, 0.2) is 0 Å². The van der Waals surface area contributed by atoms with Gasteiger partial charge in [-0.1, -0.05) is 30.3 Å². The van der Waals surface area contributed by atoms with Crippen molar-refractivity contribution in [3.05, 3.63) is 64.7 Å². The second-order valence-corrected chi connectivity index (χ2v) is 12.1. The van der Waals surface area contributed by atoms with E-state index in [0.717, 1.165) is 63.3 Å². The molecule has 228 valence electrons. The Hall–Kier alpha value is -3.60. The first-order valence-corrected chi connectivity index (χ1v) is 14.2. The summed E-state index contributed by atoms with van der Waals surface area (Å²) in [7, 11) is 0. The minimum absolute atomic E-state index is 0.0252. The van der Waals surface area contributed by atoms with E-state index in [9.17, 15) is 22.8 Å². The highest BCUT2D eigenvalue weighted by atomic mass is 19.4. The molecule has 2 aromatic rings. The number of rotatable bonds is 5. The molecule has 2 fully saturated rings. The van der Waals surface area contributed by atoms with E-state index >= 15 is 0 Å². The lowest BCUT2D eigenvalue weighted by molar-refractivity contribution is -0.192. The SMILES string of the molecule is CC1(C)Cc2c(CN3CCC4(CC3)CCN(C(=O)c3ccccc3CC(N)=O)CC4)cccc2O1.O=C(O)C(F)(F)F. The molecule has 2 saturated heterocycles. The van der Waals surface area contributed by atoms with Crippen LogP contribution in [0, 0.1) is 5.41 Å². The molecule has 3 aliphatic heterocycles. The van der Waals surface area contributed by atoms with E-state index in [1.165, 1.54) is 24.0 Å². The lowest BCUT2D eigenvalue weighted by atomic mass is 9.71. The molecule has 0 aliphatic carbocycles. The number of piperidine rings is 2. The highest BCUT2D eigenvalue weighted by Crippen LogP contribution is 2.43. The number of primary amides is 1. The fraction of sp³-hybridized carbons (Fsp3) is 0.516. The summed E-state index contributed by atoms with van der Waals surface area (Å²) in [5.41, 5.74) is 9.72. The molecule has 0 bridgehead atoms. The number of nitrogens with two attached hydrogens (primary N) is 1. The maximum atomic E-state index is 13.2. The molecule has 0 aromatic heterocycles. The molecule has 3 heterocycles. The van der Waals surface area contributed by atoms with Gasteiger partial charge >= 0.3 is 12.1 Å². The summed E-state index contributed by atoms with van der Waals surface area (Å²) in [5.74, 6) is -2.09. The summed E-state index contributed by atoms with van der Waals surface area (Å²) in [4.78, 5) is 38.1. The van der Waals surface area contributed by atoms with Gasteiger partial charge in [0, 0.05) is 37.2 Å². The topological polar surface area (TPSA) is 113 Å². The third kappa shape index (κ3) is 7.61. The largest absolute Gasteiger partial charge is 0.490 e. The van der Waals surface area contributed by atoms with Crippen molar-refractivity contribution in [2.45, 2.75) is 70.7 Å². The molecule has 0 atom stereocenters. The number of fused-ring (bicyclic) bond motifs is 1. The zero-order valence-electron chi connectivity index (χ0n) is 24.0. The number of ether oxygens (including phenoxy) is 1. The van der Waals surface area contributed by atoms with Gasteiger partial charge in [0.05, 0.1) is 6.42 Å². The third-order valence-corrected chi connectivity index (χ3v) is 8.50. The first kappa shape index (κ1) is 31.3. The number of hydrogen-bond donors (Lipinski definition) is 2. The highest BCUT2D eigenvalue weighted by molar-refractivity contribution is 5.97. The van der Waals surface area contributed by atoms with Crippen LogP contribution in [-0.4, -0.2) is 70.6 Å². The fourth-order valence-electron chi connectivity index (χ4n) is 6.17. The highest BCUT2D eigenvalue weighted by Gasteiger charge is 2.40. The van der Waals surface area contributed by atoms with Gasteiger partial charge in [0.2, 0.25) is 5.91 Å². The van der Waals surface area contributed by atoms with Crippen molar-refractivity contribution < 1.29 is 37.4 Å². The number of likely N-dealkylation sites (tertiary alicyclic amines) is 2. The minimum Gasteiger partial charge on any atom is -0.487 e. The zero-order valence-corrected chi connectivity index (χ0v) is 24.0. The summed E-state index contributed by atoms with van der Waals surface area (Å²) in [6.45, 7) is 9.07. The van der Waals surface area contributed by atoms with Crippen molar-refractivity contribution in [1.82, 2.24) is 9.80 Å². The number of halogens is 3. The van der Waals surface area contributed by atoms with Crippen LogP contribution < -0.4 is 10.5 Å². The Morgan fingerprint density at radius 1 is 0.929 bits per heavy atom. The first-order valence-electron chi connectivity index (χ1n) is 14.2. The van der Waals surface area contributed by atoms with E-state index in [0.29, 0.717) is 11.0 Å². The molecule has 0 unspecified atom stereocenters. The predicted molar refractivity (Wildman–Crippen MR) is 150 cm³/mol. The molecule has 0 saturated carbocycles. The summed E-state index contributed by atoms with van der Waals surface area (Å²) >= 11 is 0. The number of alkyl halides is 3. The minimum atomic E-state index is -5.08. The van der Waals surface area contributed by atoms with E-state index < -0.39 is 18.1 Å². The van der Waals surface area contributed by atoms with Crippen LogP contribution in [-0.2, 0) is 29.0 Å². The molecule has 3 aliphatic rings. The second kappa shape index (κ2) is 12.3. The molecular weight excluding hydrogens is 551 g/mol. The van der Waals surface area contributed by atoms with Gasteiger partial charge < -0.3 is 20.5 Å². The molecule has 2 aromatic carbocycles. The number of carbonyl (C=O) groups is 3.